The van der Waals surface area contributed by atoms with Gasteiger partial charge in [-0.15, -0.1) is 0 Å². The van der Waals surface area contributed by atoms with E-state index in [1.165, 1.54) is 10.9 Å². The molecule has 0 aliphatic heterocycles. The average Bonchev–Trinajstić information content (AvgIpc) is 2.47. The Kier molecular flexibility index (Phi) is 1.81. The quantitative estimate of drug-likeness (QED) is 0.616. The Hall–Kier alpha value is -1.76. The molecule has 1 atom stereocenters. The van der Waals surface area contributed by atoms with Crippen molar-refractivity contribution in [3.05, 3.63) is 22.8 Å². The summed E-state index contributed by atoms with van der Waals surface area (Å²) in [7, 11) is 0. The molecular formula is C7H8FN5O. The SMILES string of the molecule is CC(N)n1cnc2c(=O)[nH]c(F)nc21. The lowest BCUT2D eigenvalue weighted by Crippen LogP contribution is -2.16. The first-order valence-corrected chi connectivity index (χ1v) is 3.97. The summed E-state index contributed by atoms with van der Waals surface area (Å²) in [6.07, 6.45) is 0.00963. The van der Waals surface area contributed by atoms with Crippen LogP contribution in [0.3, 0.4) is 0 Å². The van der Waals surface area contributed by atoms with Crippen LogP contribution in [0, 0.1) is 6.08 Å². The first-order chi connectivity index (χ1) is 6.59. The van der Waals surface area contributed by atoms with Crippen molar-refractivity contribution in [1.29, 1.82) is 0 Å². The molecule has 0 radical (unpaired) electrons. The normalized spacial score (nSPS) is 13.4. The van der Waals surface area contributed by atoms with Gasteiger partial charge in [0.25, 0.3) is 11.6 Å². The van der Waals surface area contributed by atoms with Gasteiger partial charge in [0.1, 0.15) is 0 Å². The first-order valence-electron chi connectivity index (χ1n) is 3.97. The zero-order valence-corrected chi connectivity index (χ0v) is 7.36. The maximum Gasteiger partial charge on any atom is 0.291 e. The summed E-state index contributed by atoms with van der Waals surface area (Å²) in [5, 5.41) is 0. The van der Waals surface area contributed by atoms with E-state index >= 15 is 0 Å². The van der Waals surface area contributed by atoms with Crippen molar-refractivity contribution >= 4 is 11.2 Å². The summed E-state index contributed by atoms with van der Waals surface area (Å²) in [5.41, 5.74) is 5.21. The molecule has 0 aromatic carbocycles. The van der Waals surface area contributed by atoms with Gasteiger partial charge >= 0.3 is 0 Å². The van der Waals surface area contributed by atoms with Crippen LogP contribution < -0.4 is 11.3 Å². The second kappa shape index (κ2) is 2.88. The molecule has 2 rings (SSSR count). The Morgan fingerprint density at radius 2 is 2.43 bits per heavy atom. The van der Waals surface area contributed by atoms with Crippen molar-refractivity contribution in [3.63, 3.8) is 0 Å². The zero-order chi connectivity index (χ0) is 10.3. The highest BCUT2D eigenvalue weighted by Crippen LogP contribution is 2.08. The highest BCUT2D eigenvalue weighted by molar-refractivity contribution is 5.68. The Labute approximate surface area is 77.6 Å². The van der Waals surface area contributed by atoms with Gasteiger partial charge in [0.2, 0.25) is 0 Å². The molecule has 6 nitrogen and oxygen atoms in total. The second-order valence-electron chi connectivity index (χ2n) is 2.92. The van der Waals surface area contributed by atoms with Crippen molar-refractivity contribution in [2.24, 2.45) is 5.73 Å². The molecule has 0 saturated heterocycles. The number of rotatable bonds is 1. The fourth-order valence-electron chi connectivity index (χ4n) is 1.20. The van der Waals surface area contributed by atoms with Crippen molar-refractivity contribution < 1.29 is 4.39 Å². The Morgan fingerprint density at radius 3 is 3.07 bits per heavy atom. The van der Waals surface area contributed by atoms with Gasteiger partial charge < -0.3 is 5.73 Å². The fourth-order valence-corrected chi connectivity index (χ4v) is 1.20. The molecule has 0 fully saturated rings. The van der Waals surface area contributed by atoms with Crippen LogP contribution in [0.25, 0.3) is 11.2 Å². The van der Waals surface area contributed by atoms with Crippen LogP contribution in [-0.4, -0.2) is 19.5 Å². The summed E-state index contributed by atoms with van der Waals surface area (Å²) in [6.45, 7) is 1.68. The van der Waals surface area contributed by atoms with Gasteiger partial charge in [0, 0.05) is 0 Å². The number of hydrogen-bond donors (Lipinski definition) is 2. The molecule has 0 aliphatic carbocycles. The van der Waals surface area contributed by atoms with E-state index in [4.69, 9.17) is 5.73 Å². The van der Waals surface area contributed by atoms with Gasteiger partial charge in [-0.05, 0) is 6.92 Å². The van der Waals surface area contributed by atoms with Gasteiger partial charge in [-0.1, -0.05) is 0 Å². The Morgan fingerprint density at radius 1 is 1.71 bits per heavy atom. The van der Waals surface area contributed by atoms with E-state index in [2.05, 4.69) is 9.97 Å². The predicted molar refractivity (Wildman–Crippen MR) is 47.0 cm³/mol. The van der Waals surface area contributed by atoms with Crippen LogP contribution in [0.5, 0.6) is 0 Å². The zero-order valence-electron chi connectivity index (χ0n) is 7.36. The molecule has 0 saturated carbocycles. The summed E-state index contributed by atoms with van der Waals surface area (Å²) in [6, 6.07) is 0. The van der Waals surface area contributed by atoms with Crippen LogP contribution in [0.15, 0.2) is 11.1 Å². The van der Waals surface area contributed by atoms with E-state index in [-0.39, 0.29) is 11.2 Å². The van der Waals surface area contributed by atoms with Gasteiger partial charge in [0.05, 0.1) is 12.5 Å². The molecule has 74 valence electrons. The number of hydrogen-bond acceptors (Lipinski definition) is 4. The minimum absolute atomic E-state index is 0.0868. The summed E-state index contributed by atoms with van der Waals surface area (Å²) < 4.78 is 14.2. The van der Waals surface area contributed by atoms with Gasteiger partial charge in [-0.25, -0.2) is 4.98 Å². The molecular weight excluding hydrogens is 189 g/mol. The van der Waals surface area contributed by atoms with E-state index < -0.39 is 17.8 Å². The number of H-pyrrole nitrogens is 1. The van der Waals surface area contributed by atoms with E-state index in [0.29, 0.717) is 0 Å². The summed E-state index contributed by atoms with van der Waals surface area (Å²) in [5.74, 6) is 0. The molecule has 2 heterocycles. The fraction of sp³-hybridized carbons (Fsp3) is 0.286. The monoisotopic (exact) mass is 197 g/mol. The summed E-state index contributed by atoms with van der Waals surface area (Å²) in [4.78, 5) is 20.4. The second-order valence-corrected chi connectivity index (χ2v) is 2.92. The third kappa shape index (κ3) is 1.18. The smallest absolute Gasteiger partial charge is 0.291 e. The number of halogens is 1. The maximum atomic E-state index is 12.8. The number of nitrogens with zero attached hydrogens (tertiary/aromatic N) is 3. The van der Waals surface area contributed by atoms with Gasteiger partial charge in [-0.2, -0.15) is 9.37 Å². The lowest BCUT2D eigenvalue weighted by Gasteiger charge is -2.05. The lowest BCUT2D eigenvalue weighted by atomic mass is 10.5. The highest BCUT2D eigenvalue weighted by Gasteiger charge is 2.11. The van der Waals surface area contributed by atoms with E-state index in [1.807, 2.05) is 4.98 Å². The van der Waals surface area contributed by atoms with E-state index in [1.54, 1.807) is 6.92 Å². The molecule has 0 spiro atoms. The molecule has 0 amide bonds. The largest absolute Gasteiger partial charge is 0.311 e. The maximum absolute atomic E-state index is 12.8. The van der Waals surface area contributed by atoms with Crippen molar-refractivity contribution in [3.8, 4) is 0 Å². The molecule has 2 aromatic heterocycles. The lowest BCUT2D eigenvalue weighted by molar-refractivity contribution is 0.530. The van der Waals surface area contributed by atoms with E-state index in [0.717, 1.165) is 0 Å². The van der Waals surface area contributed by atoms with Crippen LogP contribution in [0.4, 0.5) is 4.39 Å². The number of nitrogens with two attached hydrogens (primary N) is 1. The van der Waals surface area contributed by atoms with Crippen LogP contribution in [-0.2, 0) is 0 Å². The molecule has 1 unspecified atom stereocenters. The number of nitrogens with one attached hydrogen (secondary N) is 1. The minimum Gasteiger partial charge on any atom is -0.311 e. The molecule has 0 aliphatic rings. The number of aromatic nitrogens is 4. The van der Waals surface area contributed by atoms with Crippen molar-refractivity contribution in [2.75, 3.05) is 0 Å². The van der Waals surface area contributed by atoms with Gasteiger partial charge in [-0.3, -0.25) is 14.3 Å². The van der Waals surface area contributed by atoms with Crippen molar-refractivity contribution in [2.45, 2.75) is 13.1 Å². The average molecular weight is 197 g/mol. The molecule has 14 heavy (non-hydrogen) atoms. The molecule has 2 aromatic rings. The number of aromatic amines is 1. The number of imidazole rings is 1. The first kappa shape index (κ1) is 8.82. The van der Waals surface area contributed by atoms with Gasteiger partial charge in [0.15, 0.2) is 11.2 Å². The van der Waals surface area contributed by atoms with Crippen molar-refractivity contribution in [1.82, 2.24) is 19.5 Å². The van der Waals surface area contributed by atoms with Crippen LogP contribution >= 0.6 is 0 Å². The third-order valence-electron chi connectivity index (χ3n) is 1.84. The highest BCUT2D eigenvalue weighted by atomic mass is 19.1. The predicted octanol–water partition coefficient (Wildman–Crippen LogP) is -0.264. The topological polar surface area (TPSA) is 89.6 Å². The third-order valence-corrected chi connectivity index (χ3v) is 1.84. The van der Waals surface area contributed by atoms with Crippen LogP contribution in [0.2, 0.25) is 0 Å². The minimum atomic E-state index is -0.940. The standard InChI is InChI=1S/C7H8FN5O/c1-3(9)13-2-10-4-5(13)11-7(8)12-6(4)14/h2-3H,9H2,1H3,(H,11,12,14). The van der Waals surface area contributed by atoms with E-state index in [9.17, 15) is 9.18 Å². The molecule has 0 bridgehead atoms. The molecule has 7 heteroatoms. The summed E-state index contributed by atoms with van der Waals surface area (Å²) >= 11 is 0. The number of fused-ring (bicyclic) bond motifs is 1. The molecule has 3 N–H and O–H groups in total. The Balaban J connectivity index is 2.85. The van der Waals surface area contributed by atoms with Crippen LogP contribution in [0.1, 0.15) is 13.1 Å². The Bertz CT molecular complexity index is 528.